The molecule has 0 bridgehead atoms. The molecule has 26 heavy (non-hydrogen) atoms. The van der Waals surface area contributed by atoms with E-state index in [1.165, 1.54) is 5.56 Å². The summed E-state index contributed by atoms with van der Waals surface area (Å²) in [6, 6.07) is 9.86. The van der Waals surface area contributed by atoms with Crippen molar-refractivity contribution in [1.29, 1.82) is 0 Å². The fraction of sp³-hybridized carbons (Fsp3) is 0.368. The Morgan fingerprint density at radius 2 is 1.85 bits per heavy atom. The van der Waals surface area contributed by atoms with Gasteiger partial charge in [0.05, 0.1) is 12.2 Å². The van der Waals surface area contributed by atoms with Gasteiger partial charge in [0.15, 0.2) is 0 Å². The molecule has 1 aliphatic rings. The van der Waals surface area contributed by atoms with Crippen LogP contribution < -0.4 is 0 Å². The van der Waals surface area contributed by atoms with E-state index in [0.717, 1.165) is 16.2 Å². The Morgan fingerprint density at radius 1 is 1.12 bits per heavy atom. The molecule has 1 fully saturated rings. The number of hydrogen-bond donors (Lipinski definition) is 0. The fourth-order valence-corrected chi connectivity index (χ4v) is 4.54. The Bertz CT molecular complexity index is 741. The fourth-order valence-electron chi connectivity index (χ4n) is 2.78. The molecule has 3 rings (SSSR count). The van der Waals surface area contributed by atoms with Gasteiger partial charge in [-0.15, -0.1) is 11.8 Å². The molecule has 5 nitrogen and oxygen atoms in total. The Kier molecular flexibility index (Phi) is 6.57. The van der Waals surface area contributed by atoms with E-state index in [9.17, 15) is 9.59 Å². The lowest BCUT2D eigenvalue weighted by Crippen LogP contribution is -2.50. The van der Waals surface area contributed by atoms with Crippen LogP contribution in [0.2, 0.25) is 0 Å². The maximum atomic E-state index is 13.0. The van der Waals surface area contributed by atoms with Gasteiger partial charge in [0.25, 0.3) is 5.91 Å². The van der Waals surface area contributed by atoms with Crippen molar-refractivity contribution in [2.45, 2.75) is 17.6 Å². The third kappa shape index (κ3) is 4.59. The molecular formula is C19H22N2O3S2. The number of hydrogen-bond acceptors (Lipinski definition) is 5. The minimum atomic E-state index is -0.300. The Balaban J connectivity index is 1.62. The number of carbonyl (C=O) groups is 2. The summed E-state index contributed by atoms with van der Waals surface area (Å²) in [5, 5.41) is 4.20. The molecule has 2 aromatic rings. The molecule has 0 unspecified atom stereocenters. The van der Waals surface area contributed by atoms with Crippen molar-refractivity contribution in [2.75, 3.05) is 32.8 Å². The van der Waals surface area contributed by atoms with E-state index in [0.29, 0.717) is 32.8 Å². The van der Waals surface area contributed by atoms with E-state index >= 15 is 0 Å². The third-order valence-corrected chi connectivity index (χ3v) is 6.06. The number of benzene rings is 1. The molecule has 2 amide bonds. The van der Waals surface area contributed by atoms with Crippen LogP contribution in [0.3, 0.4) is 0 Å². The minimum Gasteiger partial charge on any atom is -0.450 e. The third-order valence-electron chi connectivity index (χ3n) is 4.18. The molecule has 7 heteroatoms. The number of nitrogens with zero attached hydrogens (tertiary/aromatic N) is 2. The van der Waals surface area contributed by atoms with Gasteiger partial charge in [-0.05, 0) is 41.4 Å². The molecule has 2 heterocycles. The second kappa shape index (κ2) is 9.09. The van der Waals surface area contributed by atoms with Crippen LogP contribution in [0.15, 0.2) is 46.0 Å². The van der Waals surface area contributed by atoms with Crippen molar-refractivity contribution in [3.63, 3.8) is 0 Å². The van der Waals surface area contributed by atoms with Crippen molar-refractivity contribution < 1.29 is 14.3 Å². The van der Waals surface area contributed by atoms with E-state index in [1.807, 2.05) is 29.2 Å². The molecule has 138 valence electrons. The summed E-state index contributed by atoms with van der Waals surface area (Å²) in [5.41, 5.74) is 2.00. The Morgan fingerprint density at radius 3 is 2.54 bits per heavy atom. The summed E-state index contributed by atoms with van der Waals surface area (Å²) in [6.45, 7) is 4.24. The minimum absolute atomic E-state index is 0.0296. The molecule has 1 aromatic heterocycles. The van der Waals surface area contributed by atoms with Gasteiger partial charge in [-0.2, -0.15) is 11.3 Å². The maximum Gasteiger partial charge on any atom is 0.409 e. The van der Waals surface area contributed by atoms with E-state index in [2.05, 4.69) is 16.8 Å². The van der Waals surface area contributed by atoms with Gasteiger partial charge in [0.1, 0.15) is 0 Å². The van der Waals surface area contributed by atoms with Crippen LogP contribution in [0.1, 0.15) is 22.8 Å². The first-order valence-electron chi connectivity index (χ1n) is 8.63. The second-order valence-corrected chi connectivity index (χ2v) is 7.69. The van der Waals surface area contributed by atoms with Crippen LogP contribution in [-0.2, 0) is 10.5 Å². The molecule has 1 aromatic carbocycles. The highest BCUT2D eigenvalue weighted by atomic mass is 32.2. The molecule has 0 radical (unpaired) electrons. The van der Waals surface area contributed by atoms with Crippen LogP contribution in [-0.4, -0.2) is 54.6 Å². The van der Waals surface area contributed by atoms with Gasteiger partial charge < -0.3 is 14.5 Å². The number of thioether (sulfide) groups is 1. The molecule has 0 aliphatic carbocycles. The predicted molar refractivity (Wildman–Crippen MR) is 105 cm³/mol. The van der Waals surface area contributed by atoms with E-state index in [1.54, 1.807) is 34.9 Å². The summed E-state index contributed by atoms with van der Waals surface area (Å²) in [6.07, 6.45) is -0.300. The summed E-state index contributed by atoms with van der Waals surface area (Å²) in [4.78, 5) is 29.2. The largest absolute Gasteiger partial charge is 0.450 e. The molecule has 0 N–H and O–H groups in total. The number of amides is 2. The highest BCUT2D eigenvalue weighted by Gasteiger charge is 2.26. The average molecular weight is 391 g/mol. The van der Waals surface area contributed by atoms with Crippen molar-refractivity contribution in [1.82, 2.24) is 9.80 Å². The first-order chi connectivity index (χ1) is 12.7. The highest BCUT2D eigenvalue weighted by molar-refractivity contribution is 7.98. The lowest BCUT2D eigenvalue weighted by molar-refractivity contribution is 0.0568. The number of rotatable bonds is 5. The first kappa shape index (κ1) is 18.8. The van der Waals surface area contributed by atoms with Gasteiger partial charge in [0.2, 0.25) is 0 Å². The molecule has 1 saturated heterocycles. The van der Waals surface area contributed by atoms with E-state index < -0.39 is 0 Å². The second-order valence-electron chi connectivity index (χ2n) is 5.89. The standard InChI is InChI=1S/C19H22N2O3S2/c1-2-24-19(23)21-10-8-20(9-11-21)18(22)16-5-3-4-6-17(16)26-14-15-7-12-25-13-15/h3-7,12-13H,2,8-11,14H2,1H3. The van der Waals surface area contributed by atoms with Gasteiger partial charge in [-0.3, -0.25) is 4.79 Å². The van der Waals surface area contributed by atoms with Crippen LogP contribution in [0.5, 0.6) is 0 Å². The zero-order chi connectivity index (χ0) is 18.4. The topological polar surface area (TPSA) is 49.9 Å². The summed E-state index contributed by atoms with van der Waals surface area (Å²) in [7, 11) is 0. The number of carbonyl (C=O) groups excluding carboxylic acids is 2. The van der Waals surface area contributed by atoms with Crippen molar-refractivity contribution in [3.05, 3.63) is 52.2 Å². The predicted octanol–water partition coefficient (Wildman–Crippen LogP) is 3.95. The Labute approximate surface area is 161 Å². The Hall–Kier alpha value is -1.99. The van der Waals surface area contributed by atoms with Gasteiger partial charge in [-0.1, -0.05) is 12.1 Å². The molecule has 0 saturated carbocycles. The molecule has 0 spiro atoms. The van der Waals surface area contributed by atoms with Gasteiger partial charge in [-0.25, -0.2) is 4.79 Å². The maximum absolute atomic E-state index is 13.0. The van der Waals surface area contributed by atoms with Gasteiger partial charge >= 0.3 is 6.09 Å². The monoisotopic (exact) mass is 390 g/mol. The lowest BCUT2D eigenvalue weighted by Gasteiger charge is -2.34. The zero-order valence-electron chi connectivity index (χ0n) is 14.7. The van der Waals surface area contributed by atoms with E-state index in [4.69, 9.17) is 4.74 Å². The van der Waals surface area contributed by atoms with Crippen molar-refractivity contribution in [2.24, 2.45) is 0 Å². The van der Waals surface area contributed by atoms with Crippen LogP contribution in [0.4, 0.5) is 4.79 Å². The smallest absolute Gasteiger partial charge is 0.409 e. The van der Waals surface area contributed by atoms with Crippen molar-refractivity contribution >= 4 is 35.1 Å². The molecule has 1 aliphatic heterocycles. The normalized spacial score (nSPS) is 14.3. The quantitative estimate of drug-likeness (QED) is 0.725. The number of thiophene rings is 1. The summed E-state index contributed by atoms with van der Waals surface area (Å²) < 4.78 is 5.03. The number of ether oxygens (including phenoxy) is 1. The van der Waals surface area contributed by atoms with Crippen LogP contribution in [0, 0.1) is 0 Å². The highest BCUT2D eigenvalue weighted by Crippen LogP contribution is 2.28. The lowest BCUT2D eigenvalue weighted by atomic mass is 10.2. The SMILES string of the molecule is CCOC(=O)N1CCN(C(=O)c2ccccc2SCc2ccsc2)CC1. The molecular weight excluding hydrogens is 368 g/mol. The number of piperazine rings is 1. The van der Waals surface area contributed by atoms with Gasteiger partial charge in [0, 0.05) is 36.8 Å². The van der Waals surface area contributed by atoms with Crippen LogP contribution >= 0.6 is 23.1 Å². The van der Waals surface area contributed by atoms with Crippen molar-refractivity contribution in [3.8, 4) is 0 Å². The summed E-state index contributed by atoms with van der Waals surface area (Å²) >= 11 is 3.37. The summed E-state index contributed by atoms with van der Waals surface area (Å²) in [5.74, 6) is 0.881. The first-order valence-corrected chi connectivity index (χ1v) is 10.6. The zero-order valence-corrected chi connectivity index (χ0v) is 16.4. The molecule has 0 atom stereocenters. The average Bonchev–Trinajstić information content (AvgIpc) is 3.20. The van der Waals surface area contributed by atoms with Crippen LogP contribution in [0.25, 0.3) is 0 Å². The van der Waals surface area contributed by atoms with E-state index in [-0.39, 0.29) is 12.0 Å².